The van der Waals surface area contributed by atoms with Gasteiger partial charge in [0.25, 0.3) is 5.56 Å². The summed E-state index contributed by atoms with van der Waals surface area (Å²) in [5, 5.41) is 2.83. The Balaban J connectivity index is 1.46. The first-order valence-electron chi connectivity index (χ1n) is 11.5. The van der Waals surface area contributed by atoms with Gasteiger partial charge < -0.3 is 14.8 Å². The zero-order valence-corrected chi connectivity index (χ0v) is 18.5. The van der Waals surface area contributed by atoms with Crippen LogP contribution in [-0.2, 0) is 11.3 Å². The Labute approximate surface area is 183 Å². The smallest absolute Gasteiger partial charge is 0.250 e. The summed E-state index contributed by atoms with van der Waals surface area (Å²) >= 11 is 0. The Morgan fingerprint density at radius 2 is 1.74 bits per heavy atom. The Morgan fingerprint density at radius 1 is 1.00 bits per heavy atom. The Bertz CT molecular complexity index is 1020. The van der Waals surface area contributed by atoms with E-state index in [1.54, 1.807) is 6.07 Å². The molecule has 0 aliphatic carbocycles. The average molecular weight is 421 g/mol. The van der Waals surface area contributed by atoms with Gasteiger partial charge in [-0.15, -0.1) is 0 Å². The van der Waals surface area contributed by atoms with E-state index in [4.69, 9.17) is 0 Å². The van der Waals surface area contributed by atoms with Crippen LogP contribution in [0.2, 0.25) is 0 Å². The second-order valence-corrected chi connectivity index (χ2v) is 9.63. The molecule has 1 aromatic carbocycles. The van der Waals surface area contributed by atoms with Gasteiger partial charge in [0.15, 0.2) is 0 Å². The summed E-state index contributed by atoms with van der Waals surface area (Å²) in [5.41, 5.74) is 4.38. The third-order valence-electron chi connectivity index (χ3n) is 7.34. The van der Waals surface area contributed by atoms with Gasteiger partial charge in [-0.25, -0.2) is 0 Å². The van der Waals surface area contributed by atoms with Crippen LogP contribution in [0.25, 0.3) is 11.1 Å². The quantitative estimate of drug-likeness (QED) is 0.829. The first-order chi connectivity index (χ1) is 15.0. The van der Waals surface area contributed by atoms with E-state index >= 15 is 0 Å². The van der Waals surface area contributed by atoms with Gasteiger partial charge >= 0.3 is 0 Å². The number of aromatic nitrogens is 1. The van der Waals surface area contributed by atoms with E-state index in [1.165, 1.54) is 45.0 Å². The van der Waals surface area contributed by atoms with Crippen molar-refractivity contribution in [1.29, 1.82) is 0 Å². The second-order valence-electron chi connectivity index (χ2n) is 9.63. The van der Waals surface area contributed by atoms with Crippen molar-refractivity contribution in [2.75, 3.05) is 38.5 Å². The molecule has 2 fully saturated rings. The number of hydrogen-bond acceptors (Lipinski definition) is 4. The highest BCUT2D eigenvalue weighted by Crippen LogP contribution is 2.41. The van der Waals surface area contributed by atoms with Crippen molar-refractivity contribution in [3.05, 3.63) is 52.4 Å². The molecule has 1 N–H and O–H groups in total. The number of likely N-dealkylation sites (tertiary alicyclic amines) is 2. The van der Waals surface area contributed by atoms with Crippen LogP contribution >= 0.6 is 0 Å². The number of anilines is 1. The van der Waals surface area contributed by atoms with E-state index in [-0.39, 0.29) is 11.5 Å². The molecular formula is C25H32N4O2. The molecular weight excluding hydrogens is 388 g/mol. The van der Waals surface area contributed by atoms with Crippen molar-refractivity contribution >= 4 is 11.6 Å². The van der Waals surface area contributed by atoms with Gasteiger partial charge in [0.1, 0.15) is 0 Å². The highest BCUT2D eigenvalue weighted by molar-refractivity contribution is 5.89. The summed E-state index contributed by atoms with van der Waals surface area (Å²) in [6.07, 6.45) is 3.66. The average Bonchev–Trinajstić information content (AvgIpc) is 2.75. The molecule has 2 bridgehead atoms. The van der Waals surface area contributed by atoms with Crippen LogP contribution in [0.1, 0.15) is 37.8 Å². The highest BCUT2D eigenvalue weighted by atomic mass is 16.1. The normalized spacial score (nSPS) is 24.6. The molecule has 2 saturated heterocycles. The summed E-state index contributed by atoms with van der Waals surface area (Å²) in [5.74, 6) is 0.880. The fraction of sp³-hybridized carbons (Fsp3) is 0.520. The molecule has 5 rings (SSSR count). The van der Waals surface area contributed by atoms with Gasteiger partial charge in [-0.05, 0) is 69.1 Å². The summed E-state index contributed by atoms with van der Waals surface area (Å²) < 4.78 is 2.04. The van der Waals surface area contributed by atoms with Gasteiger partial charge in [0.2, 0.25) is 5.91 Å². The van der Waals surface area contributed by atoms with Crippen molar-refractivity contribution in [2.24, 2.45) is 5.92 Å². The molecule has 3 aliphatic heterocycles. The number of nitrogens with zero attached hydrogens (tertiary/aromatic N) is 3. The van der Waals surface area contributed by atoms with Crippen LogP contribution in [0.3, 0.4) is 0 Å². The first kappa shape index (κ1) is 20.5. The zero-order valence-electron chi connectivity index (χ0n) is 18.5. The molecule has 2 aromatic rings. The number of rotatable bonds is 3. The largest absolute Gasteiger partial charge is 0.326 e. The summed E-state index contributed by atoms with van der Waals surface area (Å²) in [6.45, 7) is 6.86. The molecule has 164 valence electrons. The lowest BCUT2D eigenvalue weighted by Gasteiger charge is -2.47. The summed E-state index contributed by atoms with van der Waals surface area (Å²) in [7, 11) is 2.22. The number of hydrogen-bond donors (Lipinski definition) is 1. The number of nitrogens with one attached hydrogen (secondary N) is 1. The minimum atomic E-state index is -0.0707. The molecule has 0 unspecified atom stereocenters. The lowest BCUT2D eigenvalue weighted by atomic mass is 9.79. The molecule has 3 aliphatic rings. The summed E-state index contributed by atoms with van der Waals surface area (Å²) in [6, 6.07) is 12.4. The fourth-order valence-corrected chi connectivity index (χ4v) is 5.89. The summed E-state index contributed by atoms with van der Waals surface area (Å²) in [4.78, 5) is 29.3. The highest BCUT2D eigenvalue weighted by Gasteiger charge is 2.38. The number of fused-ring (bicyclic) bond motifs is 4. The molecule has 1 aromatic heterocycles. The van der Waals surface area contributed by atoms with Crippen molar-refractivity contribution in [3.63, 3.8) is 0 Å². The number of benzene rings is 1. The standard InChI is InChI=1S/C25H32N4O2/c1-17(30)26-21-5-3-19(4-6-21)23-7-8-24(31)29-15-18-13-20(25(23)29)16-28(14-18)22-9-11-27(2)12-10-22/h3-8,18,20,22H,9-16H2,1-2H3,(H,26,30)/t18-,20-/m0/s1. The number of carbonyl (C=O) groups is 1. The molecule has 6 nitrogen and oxygen atoms in total. The Hall–Kier alpha value is -2.44. The van der Waals surface area contributed by atoms with Crippen LogP contribution in [0.15, 0.2) is 41.2 Å². The van der Waals surface area contributed by atoms with E-state index in [9.17, 15) is 9.59 Å². The van der Waals surface area contributed by atoms with Crippen molar-refractivity contribution in [3.8, 4) is 11.1 Å². The van der Waals surface area contributed by atoms with Crippen LogP contribution in [0.4, 0.5) is 5.69 Å². The number of piperidine rings is 2. The van der Waals surface area contributed by atoms with Gasteiger partial charge in [0.05, 0.1) is 0 Å². The maximum atomic E-state index is 12.8. The number of carbonyl (C=O) groups excluding carboxylic acids is 1. The van der Waals surface area contributed by atoms with E-state index in [0.29, 0.717) is 17.9 Å². The van der Waals surface area contributed by atoms with Gasteiger partial charge in [-0.2, -0.15) is 0 Å². The Morgan fingerprint density at radius 3 is 2.45 bits per heavy atom. The van der Waals surface area contributed by atoms with Crippen LogP contribution in [0.5, 0.6) is 0 Å². The fourth-order valence-electron chi connectivity index (χ4n) is 5.89. The van der Waals surface area contributed by atoms with Crippen LogP contribution in [0, 0.1) is 5.92 Å². The van der Waals surface area contributed by atoms with Crippen LogP contribution < -0.4 is 10.9 Å². The predicted octanol–water partition coefficient (Wildman–Crippen LogP) is 2.99. The van der Waals surface area contributed by atoms with Crippen molar-refractivity contribution in [1.82, 2.24) is 14.4 Å². The molecule has 0 spiro atoms. The van der Waals surface area contributed by atoms with Crippen LogP contribution in [-0.4, -0.2) is 59.5 Å². The predicted molar refractivity (Wildman–Crippen MR) is 123 cm³/mol. The minimum Gasteiger partial charge on any atom is -0.326 e. The molecule has 0 saturated carbocycles. The lowest BCUT2D eigenvalue weighted by Crippen LogP contribution is -2.53. The Kier molecular flexibility index (Phi) is 5.44. The van der Waals surface area contributed by atoms with Gasteiger partial charge in [-0.3, -0.25) is 14.5 Å². The van der Waals surface area contributed by atoms with E-state index in [1.807, 2.05) is 22.8 Å². The molecule has 6 heteroatoms. The molecule has 4 heterocycles. The molecule has 2 atom stereocenters. The lowest BCUT2D eigenvalue weighted by molar-refractivity contribution is -0.114. The molecule has 31 heavy (non-hydrogen) atoms. The first-order valence-corrected chi connectivity index (χ1v) is 11.5. The monoisotopic (exact) mass is 420 g/mol. The van der Waals surface area contributed by atoms with Crippen molar-refractivity contribution in [2.45, 2.75) is 44.7 Å². The van der Waals surface area contributed by atoms with E-state index in [2.05, 4.69) is 34.3 Å². The minimum absolute atomic E-state index is 0.0707. The number of amides is 1. The van der Waals surface area contributed by atoms with Crippen molar-refractivity contribution < 1.29 is 4.79 Å². The van der Waals surface area contributed by atoms with Gasteiger partial charge in [0, 0.05) is 61.5 Å². The van der Waals surface area contributed by atoms with E-state index < -0.39 is 0 Å². The SMILES string of the molecule is CC(=O)Nc1ccc(-c2ccc(=O)n3c2[C@H]2C[C@@H](CN(C4CCN(C)CC4)C2)C3)cc1. The second kappa shape index (κ2) is 8.24. The maximum Gasteiger partial charge on any atom is 0.250 e. The zero-order chi connectivity index (χ0) is 21.5. The maximum absolute atomic E-state index is 12.8. The van der Waals surface area contributed by atoms with Gasteiger partial charge in [-0.1, -0.05) is 12.1 Å². The third kappa shape index (κ3) is 4.06. The van der Waals surface area contributed by atoms with E-state index in [0.717, 1.165) is 36.4 Å². The molecule has 1 amide bonds. The third-order valence-corrected chi connectivity index (χ3v) is 7.34. The topological polar surface area (TPSA) is 57.6 Å². The number of pyridine rings is 1. The molecule has 0 radical (unpaired) electrons.